The number of thiophene rings is 1. The van der Waals surface area contributed by atoms with E-state index in [9.17, 15) is 4.79 Å². The van der Waals surface area contributed by atoms with Crippen LogP contribution in [0.1, 0.15) is 9.67 Å². The Morgan fingerprint density at radius 1 is 1.53 bits per heavy atom. The molecule has 5 heteroatoms. The Balaban J connectivity index is 2.75. The van der Waals surface area contributed by atoms with Crippen LogP contribution < -0.4 is 11.2 Å². The maximum Gasteiger partial charge on any atom is 0.350 e. The van der Waals surface area contributed by atoms with Crippen molar-refractivity contribution in [3.05, 3.63) is 23.1 Å². The van der Waals surface area contributed by atoms with Gasteiger partial charge in [-0.3, -0.25) is 0 Å². The third-order valence-corrected chi connectivity index (χ3v) is 3.41. The molecular formula is C10H8BNO2S. The summed E-state index contributed by atoms with van der Waals surface area (Å²) in [6, 6.07) is 5.42. The fourth-order valence-corrected chi connectivity index (χ4v) is 2.47. The molecule has 2 rings (SSSR count). The maximum atomic E-state index is 11.4. The molecule has 3 nitrogen and oxygen atoms in total. The molecule has 0 bridgehead atoms. The molecule has 1 aromatic carbocycles. The number of rotatable bonds is 1. The molecule has 2 aromatic rings. The second-order valence-electron chi connectivity index (χ2n) is 3.06. The van der Waals surface area contributed by atoms with Crippen molar-refractivity contribution in [3.8, 4) is 0 Å². The largest absolute Gasteiger partial charge is 0.465 e. The topological polar surface area (TPSA) is 52.3 Å². The molecule has 0 aliphatic carbocycles. The van der Waals surface area contributed by atoms with E-state index in [2.05, 4.69) is 4.74 Å². The summed E-state index contributed by atoms with van der Waals surface area (Å²) in [4.78, 5) is 11.8. The number of esters is 1. The fraction of sp³-hybridized carbons (Fsp3) is 0.100. The van der Waals surface area contributed by atoms with E-state index in [1.165, 1.54) is 18.4 Å². The number of benzene rings is 1. The molecule has 0 fully saturated rings. The van der Waals surface area contributed by atoms with Crippen LogP contribution in [0, 0.1) is 0 Å². The van der Waals surface area contributed by atoms with E-state index in [0.29, 0.717) is 16.0 Å². The van der Waals surface area contributed by atoms with Gasteiger partial charge in [0.2, 0.25) is 0 Å². The van der Waals surface area contributed by atoms with Crippen molar-refractivity contribution in [2.24, 2.45) is 0 Å². The number of nitrogens with two attached hydrogens (primary N) is 1. The van der Waals surface area contributed by atoms with Crippen LogP contribution >= 0.6 is 11.3 Å². The molecule has 0 aliphatic heterocycles. The quantitative estimate of drug-likeness (QED) is 0.574. The normalized spacial score (nSPS) is 10.5. The highest BCUT2D eigenvalue weighted by molar-refractivity contribution is 7.22. The summed E-state index contributed by atoms with van der Waals surface area (Å²) < 4.78 is 5.47. The molecule has 0 saturated carbocycles. The number of carbonyl (C=O) groups is 1. The van der Waals surface area contributed by atoms with Crippen LogP contribution in [-0.4, -0.2) is 20.9 Å². The minimum Gasteiger partial charge on any atom is -0.465 e. The van der Waals surface area contributed by atoms with E-state index in [-0.39, 0.29) is 0 Å². The highest BCUT2D eigenvalue weighted by Crippen LogP contribution is 2.32. The molecular weight excluding hydrogens is 209 g/mol. The van der Waals surface area contributed by atoms with Gasteiger partial charge in [0.15, 0.2) is 0 Å². The van der Waals surface area contributed by atoms with Gasteiger partial charge in [-0.2, -0.15) is 0 Å². The first kappa shape index (κ1) is 10.0. The highest BCUT2D eigenvalue weighted by atomic mass is 32.1. The Bertz CT molecular complexity index is 535. The minimum absolute atomic E-state index is 0.408. The van der Waals surface area contributed by atoms with Gasteiger partial charge in [-0.05, 0) is 0 Å². The second kappa shape index (κ2) is 3.58. The van der Waals surface area contributed by atoms with E-state index in [1.807, 2.05) is 12.1 Å². The lowest BCUT2D eigenvalue weighted by atomic mass is 9.95. The third kappa shape index (κ3) is 1.49. The number of hydrogen-bond acceptors (Lipinski definition) is 4. The van der Waals surface area contributed by atoms with E-state index < -0.39 is 5.97 Å². The Hall–Kier alpha value is -1.49. The number of hydrogen-bond donors (Lipinski definition) is 1. The molecule has 15 heavy (non-hydrogen) atoms. The third-order valence-electron chi connectivity index (χ3n) is 2.16. The number of fused-ring (bicyclic) bond motifs is 1. The predicted molar refractivity (Wildman–Crippen MR) is 63.0 cm³/mol. The van der Waals surface area contributed by atoms with Crippen LogP contribution in [0.3, 0.4) is 0 Å². The van der Waals surface area contributed by atoms with Crippen molar-refractivity contribution >= 4 is 46.4 Å². The predicted octanol–water partition coefficient (Wildman–Crippen LogP) is 1.06. The van der Waals surface area contributed by atoms with Gasteiger partial charge in [0.05, 0.1) is 12.8 Å². The van der Waals surface area contributed by atoms with E-state index in [1.54, 1.807) is 6.07 Å². The summed E-state index contributed by atoms with van der Waals surface area (Å²) in [6.45, 7) is 0. The summed E-state index contributed by atoms with van der Waals surface area (Å²) in [7, 11) is 7.11. The Morgan fingerprint density at radius 3 is 2.87 bits per heavy atom. The summed E-state index contributed by atoms with van der Waals surface area (Å²) in [5.41, 5.74) is 6.90. The monoisotopic (exact) mass is 217 g/mol. The van der Waals surface area contributed by atoms with Crippen LogP contribution in [-0.2, 0) is 4.74 Å². The first-order valence-corrected chi connectivity index (χ1v) is 5.11. The molecule has 1 heterocycles. The second-order valence-corrected chi connectivity index (χ2v) is 4.08. The Kier molecular flexibility index (Phi) is 2.40. The number of methoxy groups -OCH3 is 1. The van der Waals surface area contributed by atoms with Crippen LogP contribution in [0.2, 0.25) is 0 Å². The van der Waals surface area contributed by atoms with Crippen molar-refractivity contribution in [1.29, 1.82) is 0 Å². The lowest BCUT2D eigenvalue weighted by Gasteiger charge is -1.96. The van der Waals surface area contributed by atoms with Crippen LogP contribution in [0.25, 0.3) is 10.1 Å². The van der Waals surface area contributed by atoms with Crippen LogP contribution in [0.5, 0.6) is 0 Å². The first-order valence-electron chi connectivity index (χ1n) is 4.30. The zero-order valence-electron chi connectivity index (χ0n) is 8.11. The average molecular weight is 217 g/mol. The van der Waals surface area contributed by atoms with E-state index in [0.717, 1.165) is 10.1 Å². The van der Waals surface area contributed by atoms with Crippen LogP contribution in [0.15, 0.2) is 18.2 Å². The van der Waals surface area contributed by atoms with Crippen molar-refractivity contribution in [3.63, 3.8) is 0 Å². The summed E-state index contributed by atoms with van der Waals surface area (Å²) >= 11 is 1.26. The smallest absolute Gasteiger partial charge is 0.350 e. The van der Waals surface area contributed by atoms with Gasteiger partial charge in [0.1, 0.15) is 12.7 Å². The number of nitrogen functional groups attached to an aromatic ring is 1. The molecule has 0 unspecified atom stereocenters. The number of ether oxygens (including phenoxy) is 1. The molecule has 0 atom stereocenters. The maximum absolute atomic E-state index is 11.4. The lowest BCUT2D eigenvalue weighted by Crippen LogP contribution is -2.01. The van der Waals surface area contributed by atoms with Gasteiger partial charge in [-0.1, -0.05) is 23.7 Å². The van der Waals surface area contributed by atoms with Gasteiger partial charge in [-0.15, -0.1) is 11.3 Å². The van der Waals surface area contributed by atoms with E-state index in [4.69, 9.17) is 13.6 Å². The summed E-state index contributed by atoms with van der Waals surface area (Å²) in [6.07, 6.45) is 0. The molecule has 0 amide bonds. The molecule has 0 aliphatic rings. The first-order chi connectivity index (χ1) is 7.15. The van der Waals surface area contributed by atoms with Crippen molar-refractivity contribution in [2.45, 2.75) is 0 Å². The minimum atomic E-state index is -0.423. The average Bonchev–Trinajstić information content (AvgIpc) is 2.57. The standard InChI is InChI=1S/C10H8BNO2S/c1-14-10(13)9-7(12)5-3-2-4-6(11)8(5)15-9/h2-4H,12H2,1H3. The zero-order chi connectivity index (χ0) is 11.0. The molecule has 0 spiro atoms. The number of anilines is 1. The van der Waals surface area contributed by atoms with Crippen molar-refractivity contribution in [2.75, 3.05) is 12.8 Å². The molecule has 2 N–H and O–H groups in total. The van der Waals surface area contributed by atoms with E-state index >= 15 is 0 Å². The molecule has 1 aromatic heterocycles. The molecule has 2 radical (unpaired) electrons. The van der Waals surface area contributed by atoms with Crippen molar-refractivity contribution < 1.29 is 9.53 Å². The van der Waals surface area contributed by atoms with Gasteiger partial charge in [0.25, 0.3) is 0 Å². The molecule has 74 valence electrons. The summed E-state index contributed by atoms with van der Waals surface area (Å²) in [5, 5.41) is 0.806. The van der Waals surface area contributed by atoms with Crippen molar-refractivity contribution in [1.82, 2.24) is 0 Å². The van der Waals surface area contributed by atoms with Crippen LogP contribution in [0.4, 0.5) is 5.69 Å². The highest BCUT2D eigenvalue weighted by Gasteiger charge is 2.16. The molecule has 0 saturated heterocycles. The Morgan fingerprint density at radius 2 is 2.27 bits per heavy atom. The number of carbonyl (C=O) groups excluding carboxylic acids is 1. The van der Waals surface area contributed by atoms with Gasteiger partial charge >= 0.3 is 5.97 Å². The van der Waals surface area contributed by atoms with Gasteiger partial charge < -0.3 is 10.5 Å². The van der Waals surface area contributed by atoms with Gasteiger partial charge in [-0.25, -0.2) is 4.79 Å². The summed E-state index contributed by atoms with van der Waals surface area (Å²) in [5.74, 6) is -0.423. The fourth-order valence-electron chi connectivity index (χ4n) is 1.40. The lowest BCUT2D eigenvalue weighted by molar-refractivity contribution is 0.0607. The Labute approximate surface area is 92.3 Å². The SMILES string of the molecule is [B]c1cccc2c(N)c(C(=O)OC)sc12. The zero-order valence-corrected chi connectivity index (χ0v) is 8.93. The van der Waals surface area contributed by atoms with Gasteiger partial charge in [0, 0.05) is 10.1 Å².